The van der Waals surface area contributed by atoms with Gasteiger partial charge in [-0.1, -0.05) is 36.8 Å². The van der Waals surface area contributed by atoms with Gasteiger partial charge in [-0.2, -0.15) is 0 Å². The molecule has 0 bridgehead atoms. The van der Waals surface area contributed by atoms with Crippen LogP contribution in [0.2, 0.25) is 0 Å². The van der Waals surface area contributed by atoms with Crippen molar-refractivity contribution in [2.24, 2.45) is 11.7 Å². The summed E-state index contributed by atoms with van der Waals surface area (Å²) in [5.74, 6) is -0.665. The zero-order valence-corrected chi connectivity index (χ0v) is 20.0. The minimum absolute atomic E-state index is 0.0966. The summed E-state index contributed by atoms with van der Waals surface area (Å²) in [6.07, 6.45) is 2.60. The van der Waals surface area contributed by atoms with Crippen molar-refractivity contribution in [3.8, 4) is 0 Å². The Labute approximate surface area is 197 Å². The van der Waals surface area contributed by atoms with E-state index in [0.717, 1.165) is 35.3 Å². The van der Waals surface area contributed by atoms with Gasteiger partial charge in [-0.05, 0) is 61.9 Å². The lowest BCUT2D eigenvalue weighted by Crippen LogP contribution is -2.21. The van der Waals surface area contributed by atoms with E-state index in [4.69, 9.17) is 5.73 Å². The van der Waals surface area contributed by atoms with Gasteiger partial charge < -0.3 is 11.1 Å². The van der Waals surface area contributed by atoms with Crippen LogP contribution in [0.4, 0.5) is 10.7 Å². The highest BCUT2D eigenvalue weighted by Crippen LogP contribution is 2.39. The van der Waals surface area contributed by atoms with E-state index in [9.17, 15) is 18.0 Å². The van der Waals surface area contributed by atoms with Crippen LogP contribution in [-0.4, -0.2) is 20.2 Å². The van der Waals surface area contributed by atoms with Gasteiger partial charge in [0.1, 0.15) is 5.00 Å². The van der Waals surface area contributed by atoms with Crippen molar-refractivity contribution < 1.29 is 18.0 Å². The van der Waals surface area contributed by atoms with Crippen LogP contribution in [0, 0.1) is 12.8 Å². The molecule has 1 unspecified atom stereocenters. The minimum atomic E-state index is -3.89. The van der Waals surface area contributed by atoms with E-state index in [1.54, 1.807) is 24.3 Å². The van der Waals surface area contributed by atoms with Crippen LogP contribution in [0.15, 0.2) is 53.4 Å². The fourth-order valence-corrected chi connectivity index (χ4v) is 6.29. The third-order valence-corrected chi connectivity index (χ3v) is 8.32. The summed E-state index contributed by atoms with van der Waals surface area (Å²) in [6, 6.07) is 12.8. The smallest absolute Gasteiger partial charge is 0.261 e. The summed E-state index contributed by atoms with van der Waals surface area (Å²) in [5, 5.41) is 3.20. The van der Waals surface area contributed by atoms with Crippen molar-refractivity contribution in [2.45, 2.75) is 38.0 Å². The van der Waals surface area contributed by atoms with Crippen LogP contribution in [0.5, 0.6) is 0 Å². The molecule has 7 nitrogen and oxygen atoms in total. The summed E-state index contributed by atoms with van der Waals surface area (Å²) in [4.78, 5) is 26.5. The number of benzene rings is 2. The Hall–Kier alpha value is -3.17. The minimum Gasteiger partial charge on any atom is -0.365 e. The Morgan fingerprint density at radius 1 is 1.09 bits per heavy atom. The van der Waals surface area contributed by atoms with E-state index in [1.165, 1.54) is 35.6 Å². The van der Waals surface area contributed by atoms with Crippen molar-refractivity contribution >= 4 is 43.9 Å². The Bertz CT molecular complexity index is 1330. The number of nitrogens with two attached hydrogens (primary N) is 1. The Balaban J connectivity index is 1.64. The number of para-hydroxylation sites is 1. The predicted molar refractivity (Wildman–Crippen MR) is 130 cm³/mol. The molecule has 9 heteroatoms. The highest BCUT2D eigenvalue weighted by molar-refractivity contribution is 7.92. The number of anilines is 2. The van der Waals surface area contributed by atoms with Crippen LogP contribution in [0.1, 0.15) is 50.1 Å². The van der Waals surface area contributed by atoms with E-state index >= 15 is 0 Å². The number of amides is 2. The van der Waals surface area contributed by atoms with E-state index in [1.807, 2.05) is 6.92 Å². The number of sulfonamides is 1. The summed E-state index contributed by atoms with van der Waals surface area (Å²) < 4.78 is 28.2. The number of aryl methyl sites for hydroxylation is 2. The number of primary amides is 1. The van der Waals surface area contributed by atoms with Gasteiger partial charge in [0.2, 0.25) is 0 Å². The van der Waals surface area contributed by atoms with Crippen molar-refractivity contribution in [3.63, 3.8) is 0 Å². The number of nitrogens with one attached hydrogen (secondary N) is 2. The zero-order valence-electron chi connectivity index (χ0n) is 18.3. The van der Waals surface area contributed by atoms with Gasteiger partial charge in [-0.15, -0.1) is 11.3 Å². The van der Waals surface area contributed by atoms with Crippen LogP contribution in [0.3, 0.4) is 0 Å². The van der Waals surface area contributed by atoms with Gasteiger partial charge in [-0.3, -0.25) is 14.3 Å². The van der Waals surface area contributed by atoms with Crippen molar-refractivity contribution in [1.82, 2.24) is 0 Å². The number of carbonyl (C=O) groups excluding carboxylic acids is 2. The largest absolute Gasteiger partial charge is 0.365 e. The van der Waals surface area contributed by atoms with E-state index in [-0.39, 0.29) is 16.1 Å². The molecule has 1 heterocycles. The molecule has 2 aromatic carbocycles. The summed E-state index contributed by atoms with van der Waals surface area (Å²) >= 11 is 1.36. The second-order valence-electron chi connectivity index (χ2n) is 8.34. The number of hydrogen-bond acceptors (Lipinski definition) is 5. The fraction of sp³-hybridized carbons (Fsp3) is 0.250. The van der Waals surface area contributed by atoms with Gasteiger partial charge in [0.05, 0.1) is 21.7 Å². The summed E-state index contributed by atoms with van der Waals surface area (Å²) in [7, 11) is -3.89. The highest BCUT2D eigenvalue weighted by Gasteiger charge is 2.28. The molecular weight excluding hydrogens is 458 g/mol. The topological polar surface area (TPSA) is 118 Å². The number of thiophene rings is 1. The summed E-state index contributed by atoms with van der Waals surface area (Å²) in [6.45, 7) is 3.99. The van der Waals surface area contributed by atoms with Crippen LogP contribution in [-0.2, 0) is 22.9 Å². The maximum absolute atomic E-state index is 13.2. The number of hydrogen-bond donors (Lipinski definition) is 3. The van der Waals surface area contributed by atoms with Gasteiger partial charge in [0.15, 0.2) is 0 Å². The maximum Gasteiger partial charge on any atom is 0.261 e. The second-order valence-corrected chi connectivity index (χ2v) is 11.1. The van der Waals surface area contributed by atoms with Crippen LogP contribution < -0.4 is 15.8 Å². The van der Waals surface area contributed by atoms with E-state index < -0.39 is 21.8 Å². The number of carbonyl (C=O) groups is 2. The first kappa shape index (κ1) is 23.0. The van der Waals surface area contributed by atoms with Crippen molar-refractivity contribution in [2.75, 3.05) is 10.0 Å². The molecule has 0 spiro atoms. The molecule has 172 valence electrons. The lowest BCUT2D eigenvalue weighted by atomic mass is 9.87. The van der Waals surface area contributed by atoms with Gasteiger partial charge >= 0.3 is 0 Å². The first-order valence-electron chi connectivity index (χ1n) is 10.6. The van der Waals surface area contributed by atoms with Gasteiger partial charge in [-0.25, -0.2) is 8.42 Å². The lowest BCUT2D eigenvalue weighted by molar-refractivity contribution is 0.1000. The first-order valence-corrected chi connectivity index (χ1v) is 12.9. The number of rotatable bonds is 6. The molecule has 0 saturated carbocycles. The number of fused-ring (bicyclic) bond motifs is 1. The molecular formula is C24H25N3O4S2. The molecule has 1 aromatic heterocycles. The van der Waals surface area contributed by atoms with Gasteiger partial charge in [0, 0.05) is 4.88 Å². The van der Waals surface area contributed by atoms with Crippen molar-refractivity contribution in [1.29, 1.82) is 0 Å². The molecule has 1 aliphatic rings. The molecule has 1 atom stereocenters. The molecule has 0 radical (unpaired) electrons. The molecule has 3 aromatic rings. The van der Waals surface area contributed by atoms with Gasteiger partial charge in [0.25, 0.3) is 21.8 Å². The molecule has 0 saturated heterocycles. The standard InChI is InChI=1S/C24H25N3O4S2/c1-14-7-10-16(11-8-14)33(30,31)27-19-6-4-3-5-17(19)23(29)26-24-21(22(25)28)18-13-15(2)9-12-20(18)32-24/h3-8,10-11,15,27H,9,12-13H2,1-2H3,(H2,25,28)(H,26,29). The van der Waals surface area contributed by atoms with E-state index in [0.29, 0.717) is 16.5 Å². The maximum atomic E-state index is 13.2. The quantitative estimate of drug-likeness (QED) is 0.483. The highest BCUT2D eigenvalue weighted by atomic mass is 32.2. The average Bonchev–Trinajstić information content (AvgIpc) is 3.11. The predicted octanol–water partition coefficient (Wildman–Crippen LogP) is 4.33. The van der Waals surface area contributed by atoms with E-state index in [2.05, 4.69) is 17.0 Å². The Morgan fingerprint density at radius 3 is 2.48 bits per heavy atom. The lowest BCUT2D eigenvalue weighted by Gasteiger charge is -2.18. The molecule has 0 fully saturated rings. The third-order valence-electron chi connectivity index (χ3n) is 5.73. The fourth-order valence-electron chi connectivity index (χ4n) is 3.97. The SMILES string of the molecule is Cc1ccc(S(=O)(=O)Nc2ccccc2C(=O)Nc2sc3c(c2C(N)=O)CC(C)CC3)cc1. The monoisotopic (exact) mass is 483 g/mol. The molecule has 0 aliphatic heterocycles. The molecule has 1 aliphatic carbocycles. The Kier molecular flexibility index (Phi) is 6.27. The Morgan fingerprint density at radius 2 is 1.79 bits per heavy atom. The third kappa shape index (κ3) is 4.79. The molecule has 4 N–H and O–H groups in total. The van der Waals surface area contributed by atoms with Crippen molar-refractivity contribution in [3.05, 3.63) is 75.7 Å². The molecule has 33 heavy (non-hydrogen) atoms. The summed E-state index contributed by atoms with van der Waals surface area (Å²) in [5.41, 5.74) is 8.15. The molecule has 4 rings (SSSR count). The van der Waals surface area contributed by atoms with Crippen LogP contribution in [0.25, 0.3) is 0 Å². The average molecular weight is 484 g/mol. The zero-order chi connectivity index (χ0) is 23.8. The normalized spacial score (nSPS) is 15.5. The second kappa shape index (κ2) is 8.99. The first-order chi connectivity index (χ1) is 15.7. The van der Waals surface area contributed by atoms with Crippen LogP contribution >= 0.6 is 11.3 Å². The molecule has 2 amide bonds.